The predicted octanol–water partition coefficient (Wildman–Crippen LogP) is 0.630. The number of aromatic nitrogens is 2. The molecule has 6 heteroatoms. The number of nitrogens with zero attached hydrogens (tertiary/aromatic N) is 1. The monoisotopic (exact) mass is 239 g/mol. The van der Waals surface area contributed by atoms with E-state index in [0.717, 1.165) is 11.4 Å². The first kappa shape index (κ1) is 13.2. The van der Waals surface area contributed by atoms with Gasteiger partial charge in [0.15, 0.2) is 0 Å². The van der Waals surface area contributed by atoms with E-state index in [0.29, 0.717) is 12.8 Å². The Kier molecular flexibility index (Phi) is 4.68. The summed E-state index contributed by atoms with van der Waals surface area (Å²) in [7, 11) is 0. The van der Waals surface area contributed by atoms with Crippen LogP contribution in [0.25, 0.3) is 0 Å². The number of aromatic amines is 1. The Bertz CT molecular complexity index is 400. The fourth-order valence-electron chi connectivity index (χ4n) is 1.64. The minimum Gasteiger partial charge on any atom is -0.481 e. The van der Waals surface area contributed by atoms with Crippen molar-refractivity contribution in [3.63, 3.8) is 0 Å². The number of rotatable bonds is 6. The van der Waals surface area contributed by atoms with Gasteiger partial charge in [0.05, 0.1) is 12.0 Å². The highest BCUT2D eigenvalue weighted by atomic mass is 16.4. The van der Waals surface area contributed by atoms with E-state index in [-0.39, 0.29) is 18.4 Å². The molecule has 94 valence electrons. The molecule has 0 saturated heterocycles. The van der Waals surface area contributed by atoms with E-state index in [1.807, 2.05) is 6.92 Å². The lowest BCUT2D eigenvalue weighted by molar-refractivity contribution is -0.137. The molecule has 17 heavy (non-hydrogen) atoms. The summed E-state index contributed by atoms with van der Waals surface area (Å²) in [6, 6.07) is -0.189. The zero-order valence-electron chi connectivity index (χ0n) is 9.99. The lowest BCUT2D eigenvalue weighted by atomic mass is 10.0. The molecule has 1 unspecified atom stereocenters. The van der Waals surface area contributed by atoms with E-state index in [2.05, 4.69) is 15.3 Å². The molecule has 0 aliphatic heterocycles. The fourth-order valence-corrected chi connectivity index (χ4v) is 1.64. The summed E-state index contributed by atoms with van der Waals surface area (Å²) in [6.07, 6.45) is 2.57. The van der Waals surface area contributed by atoms with Gasteiger partial charge in [0.25, 0.3) is 0 Å². The Morgan fingerprint density at radius 2 is 2.29 bits per heavy atom. The molecule has 1 amide bonds. The number of hydrogen-bond donors (Lipinski definition) is 3. The molecule has 0 fully saturated rings. The van der Waals surface area contributed by atoms with Crippen LogP contribution in [0.3, 0.4) is 0 Å². The van der Waals surface area contributed by atoms with Crippen molar-refractivity contribution in [2.24, 2.45) is 0 Å². The van der Waals surface area contributed by atoms with Crippen molar-refractivity contribution in [2.45, 2.75) is 39.2 Å². The van der Waals surface area contributed by atoms with Gasteiger partial charge in [0.2, 0.25) is 5.91 Å². The summed E-state index contributed by atoms with van der Waals surface area (Å²) in [5.74, 6) is -1.02. The number of imidazole rings is 1. The number of amides is 1. The van der Waals surface area contributed by atoms with Crippen LogP contribution in [0.15, 0.2) is 6.33 Å². The Hall–Kier alpha value is -1.85. The maximum Gasteiger partial charge on any atom is 0.303 e. The van der Waals surface area contributed by atoms with E-state index < -0.39 is 5.97 Å². The summed E-state index contributed by atoms with van der Waals surface area (Å²) in [4.78, 5) is 28.6. The first-order valence-corrected chi connectivity index (χ1v) is 5.46. The van der Waals surface area contributed by atoms with Crippen molar-refractivity contribution in [3.05, 3.63) is 17.7 Å². The van der Waals surface area contributed by atoms with Crippen LogP contribution < -0.4 is 5.32 Å². The summed E-state index contributed by atoms with van der Waals surface area (Å²) < 4.78 is 0. The number of carboxylic acids is 1. The van der Waals surface area contributed by atoms with Gasteiger partial charge in [-0.1, -0.05) is 0 Å². The van der Waals surface area contributed by atoms with Crippen LogP contribution in [0.1, 0.15) is 31.2 Å². The van der Waals surface area contributed by atoms with Crippen LogP contribution in [0.2, 0.25) is 0 Å². The molecule has 6 nitrogen and oxygen atoms in total. The molecule has 3 N–H and O–H groups in total. The van der Waals surface area contributed by atoms with Crippen LogP contribution in [-0.2, 0) is 16.0 Å². The van der Waals surface area contributed by atoms with Crippen molar-refractivity contribution in [2.75, 3.05) is 0 Å². The number of hydrogen-bond acceptors (Lipinski definition) is 3. The van der Waals surface area contributed by atoms with Gasteiger partial charge in [-0.25, -0.2) is 4.98 Å². The lowest BCUT2D eigenvalue weighted by Crippen LogP contribution is -2.35. The first-order valence-electron chi connectivity index (χ1n) is 5.46. The third-order valence-electron chi connectivity index (χ3n) is 2.49. The molecule has 1 heterocycles. The minimum absolute atomic E-state index is 0.0361. The van der Waals surface area contributed by atoms with E-state index in [1.54, 1.807) is 6.33 Å². The van der Waals surface area contributed by atoms with Crippen molar-refractivity contribution in [1.29, 1.82) is 0 Å². The summed E-state index contributed by atoms with van der Waals surface area (Å²) >= 11 is 0. The maximum absolute atomic E-state index is 11.0. The molecule has 1 rings (SSSR count). The molecule has 0 aliphatic rings. The Balaban J connectivity index is 2.59. The van der Waals surface area contributed by atoms with Gasteiger partial charge in [-0.05, 0) is 13.3 Å². The topological polar surface area (TPSA) is 95.1 Å². The zero-order chi connectivity index (χ0) is 12.8. The number of aryl methyl sites for hydroxylation is 1. The summed E-state index contributed by atoms with van der Waals surface area (Å²) in [5, 5.41) is 11.4. The first-order chi connectivity index (χ1) is 7.99. The Morgan fingerprint density at radius 3 is 2.76 bits per heavy atom. The number of H-pyrrole nitrogens is 1. The highest BCUT2D eigenvalue weighted by molar-refractivity contribution is 5.73. The summed E-state index contributed by atoms with van der Waals surface area (Å²) in [6.45, 7) is 3.32. The van der Waals surface area contributed by atoms with Crippen LogP contribution in [0, 0.1) is 6.92 Å². The minimum atomic E-state index is -0.862. The quantitative estimate of drug-likeness (QED) is 0.678. The van der Waals surface area contributed by atoms with E-state index in [4.69, 9.17) is 5.11 Å². The molecule has 0 aliphatic carbocycles. The smallest absolute Gasteiger partial charge is 0.303 e. The second-order valence-electron chi connectivity index (χ2n) is 4.01. The standard InChI is InChI=1S/C11H17N3O3/c1-7-10(13-6-12-7)5-9(14-8(2)15)3-4-11(16)17/h6,9H,3-5H2,1-2H3,(H,12,13)(H,14,15)(H,16,17). The lowest BCUT2D eigenvalue weighted by Gasteiger charge is -2.16. The third kappa shape index (κ3) is 4.67. The van der Waals surface area contributed by atoms with Gasteiger partial charge in [0, 0.05) is 31.5 Å². The molecule has 0 radical (unpaired) electrons. The van der Waals surface area contributed by atoms with Crippen LogP contribution in [-0.4, -0.2) is 33.0 Å². The van der Waals surface area contributed by atoms with Crippen molar-refractivity contribution >= 4 is 11.9 Å². The maximum atomic E-state index is 11.0. The number of carbonyl (C=O) groups is 2. The van der Waals surface area contributed by atoms with Gasteiger partial charge in [0.1, 0.15) is 0 Å². The number of carbonyl (C=O) groups excluding carboxylic acids is 1. The van der Waals surface area contributed by atoms with Crippen molar-refractivity contribution < 1.29 is 14.7 Å². The van der Waals surface area contributed by atoms with Crippen molar-refractivity contribution in [1.82, 2.24) is 15.3 Å². The fraction of sp³-hybridized carbons (Fsp3) is 0.545. The highest BCUT2D eigenvalue weighted by Crippen LogP contribution is 2.08. The molecule has 1 atom stereocenters. The zero-order valence-corrected chi connectivity index (χ0v) is 9.99. The molecule has 0 saturated carbocycles. The average molecular weight is 239 g/mol. The number of nitrogens with one attached hydrogen (secondary N) is 2. The molecular formula is C11H17N3O3. The molecule has 0 spiro atoms. The SMILES string of the molecule is CC(=O)NC(CCC(=O)O)Cc1nc[nH]c1C. The second-order valence-corrected chi connectivity index (χ2v) is 4.01. The summed E-state index contributed by atoms with van der Waals surface area (Å²) in [5.41, 5.74) is 1.80. The predicted molar refractivity (Wildman–Crippen MR) is 61.5 cm³/mol. The number of aliphatic carboxylic acids is 1. The van der Waals surface area contributed by atoms with Crippen LogP contribution in [0.5, 0.6) is 0 Å². The van der Waals surface area contributed by atoms with Gasteiger partial charge in [-0.15, -0.1) is 0 Å². The Labute approximate surface area is 99.4 Å². The van der Waals surface area contributed by atoms with E-state index in [1.165, 1.54) is 6.92 Å². The number of carboxylic acid groups (broad SMARTS) is 1. The second kappa shape index (κ2) is 6.03. The van der Waals surface area contributed by atoms with E-state index in [9.17, 15) is 9.59 Å². The van der Waals surface area contributed by atoms with Crippen molar-refractivity contribution in [3.8, 4) is 0 Å². The average Bonchev–Trinajstić information content (AvgIpc) is 2.60. The molecule has 0 bridgehead atoms. The molecule has 0 aromatic carbocycles. The van der Waals surface area contributed by atoms with Gasteiger partial charge >= 0.3 is 5.97 Å². The largest absolute Gasteiger partial charge is 0.481 e. The van der Waals surface area contributed by atoms with Gasteiger partial charge in [-0.3, -0.25) is 9.59 Å². The van der Waals surface area contributed by atoms with E-state index >= 15 is 0 Å². The molecule has 1 aromatic heterocycles. The third-order valence-corrected chi connectivity index (χ3v) is 2.49. The molecule has 1 aromatic rings. The van der Waals surface area contributed by atoms with Gasteiger partial charge < -0.3 is 15.4 Å². The molecular weight excluding hydrogens is 222 g/mol. The Morgan fingerprint density at radius 1 is 1.59 bits per heavy atom. The highest BCUT2D eigenvalue weighted by Gasteiger charge is 2.15. The normalized spacial score (nSPS) is 12.1. The van der Waals surface area contributed by atoms with Crippen LogP contribution in [0.4, 0.5) is 0 Å². The van der Waals surface area contributed by atoms with Gasteiger partial charge in [-0.2, -0.15) is 0 Å². The van der Waals surface area contributed by atoms with Crippen LogP contribution >= 0.6 is 0 Å².